The first-order chi connectivity index (χ1) is 62.0. The van der Waals surface area contributed by atoms with Crippen molar-refractivity contribution in [2.45, 2.75) is 169 Å². The van der Waals surface area contributed by atoms with Gasteiger partial charge in [-0.2, -0.15) is 13.2 Å². The average Bonchev–Trinajstić information content (AvgIpc) is 0.810. The molecule has 716 valence electrons. The lowest BCUT2D eigenvalue weighted by atomic mass is 10.0. The molecular weight excluding hydrogens is 1750 g/mol. The van der Waals surface area contributed by atoms with E-state index in [1.807, 2.05) is 13.8 Å². The number of aliphatic carboxylic acids is 1. The van der Waals surface area contributed by atoms with E-state index in [2.05, 4.69) is 43.6 Å². The van der Waals surface area contributed by atoms with E-state index in [-0.39, 0.29) is 69.1 Å². The molecule has 0 aliphatic rings. The molecule has 36 nitrogen and oxygen atoms in total. The molecule has 4 aromatic carbocycles. The summed E-state index contributed by atoms with van der Waals surface area (Å²) in [7, 11) is 5.89. The van der Waals surface area contributed by atoms with Crippen LogP contribution < -0.4 is 84.4 Å². The van der Waals surface area contributed by atoms with Crippen molar-refractivity contribution in [3.8, 4) is 35.8 Å². The Morgan fingerprint density at radius 3 is 0.947 bits per heavy atom. The number of terminal acetylenes is 1. The predicted molar refractivity (Wildman–Crippen MR) is 463 cm³/mol. The largest absolute Gasteiger partial charge is 0.497 e. The van der Waals surface area contributed by atoms with E-state index in [4.69, 9.17) is 58.7 Å². The van der Waals surface area contributed by atoms with Gasteiger partial charge >= 0.3 is 40.6 Å². The van der Waals surface area contributed by atoms with Gasteiger partial charge in [0.1, 0.15) is 132 Å². The molecule has 8 rings (SSSR count). The lowest BCUT2D eigenvalue weighted by molar-refractivity contribution is -0.156. The Hall–Kier alpha value is -13.9. The fraction of sp³-hybridized carbons (Fsp3) is 0.432. The molecule has 13 N–H and O–H groups in total. The van der Waals surface area contributed by atoms with Gasteiger partial charge in [-0.1, -0.05) is 76.2 Å². The first kappa shape index (κ1) is 111. The highest BCUT2D eigenvalue weighted by atomic mass is 19.4. The monoisotopic (exact) mass is 1860 g/mol. The highest BCUT2D eigenvalue weighted by Gasteiger charge is 2.35. The van der Waals surface area contributed by atoms with Gasteiger partial charge in [0, 0.05) is 45.8 Å². The molecule has 0 saturated carbocycles. The number of hydrogen-bond acceptors (Lipinski definition) is 27. The Kier molecular flexibility index (Phi) is 46.8. The average molecular weight is 1860 g/mol. The summed E-state index contributed by atoms with van der Waals surface area (Å²) < 4.78 is 128. The van der Waals surface area contributed by atoms with E-state index in [0.29, 0.717) is 63.0 Å². The Morgan fingerprint density at radius 1 is 0.443 bits per heavy atom. The second-order valence-corrected chi connectivity index (χ2v) is 29.5. The second kappa shape index (κ2) is 55.1. The summed E-state index contributed by atoms with van der Waals surface area (Å²) in [6.45, 7) is 14.2. The molecule has 10 atom stereocenters. The number of ether oxygens (including phenoxy) is 4. The molecule has 0 fully saturated rings. The van der Waals surface area contributed by atoms with Crippen molar-refractivity contribution >= 4 is 115 Å². The summed E-state index contributed by atoms with van der Waals surface area (Å²) in [5.74, 6) is -8.67. The van der Waals surface area contributed by atoms with Crippen molar-refractivity contribution in [2.24, 2.45) is 29.4 Å². The number of ketones is 2. The summed E-state index contributed by atoms with van der Waals surface area (Å²) in [5.41, 5.74) is 1.86. The maximum Gasteiger partial charge on any atom is 0.446 e. The topological polar surface area (TPSA) is 554 Å². The molecule has 4 heterocycles. The van der Waals surface area contributed by atoms with Gasteiger partial charge in [-0.3, -0.25) is 52.7 Å². The van der Waals surface area contributed by atoms with Crippen molar-refractivity contribution < 1.29 is 147 Å². The third-order valence-corrected chi connectivity index (χ3v) is 18.8. The van der Waals surface area contributed by atoms with E-state index in [1.165, 1.54) is 83.4 Å². The summed E-state index contributed by atoms with van der Waals surface area (Å²) >= 11 is 0. The molecular formula is C88H107F7N8O28. The van der Waals surface area contributed by atoms with Gasteiger partial charge < -0.3 is 100.0 Å². The number of halogens is 7. The standard InChI is InChI=1S/C21H23FN2O8.C21H27FN2O6.C21H25FN2O6.C11H8O5.C10H21FN2O2.C2HF3O.C2H2/c1-10(2)18(20(29)23-14(8-17(26)27)15(25)9-22)24-19(28)13-6-11-4-5-12(31-3)7-16(11)32-21(13)30;2*1-5-15(16(25)10-22)23-20(27)18(11(2)3)24-19(26)14-8-12-6-7-13(29-4)9-17(12)30-21(14)28;1-15-7-3-2-6-4-8(10(12)13)11(14)16-9(6)5-7;1-4-7(8(14)5-11)13-10(15)9(12)6(2)3;3-2(4,5)1-6;1-2/h4-7,10,14,18H,8-9H2,1-3H3,(H,23,29)(H,24,28)(H,26,27);6-9,11,15-16,18,25H,5,10H2,1-4H3,(H,23,27)(H,24,26);6-9,11,15,18H,5,10H2,1-4H3,(H,23,27)(H,24,26);2-5H,1H3,(H,12,13);6-9,14H,4-5,12H2,1-3H3,(H,13,15);1H;1-2H/t14?,18-;15?,16?,18-;15?,18-;;7?,8?,9-;;/m000.0../s1/i;;;;;;1D. The Morgan fingerprint density at radius 2 is 0.710 bits per heavy atom. The van der Waals surface area contributed by atoms with Crippen LogP contribution in [0, 0.1) is 36.5 Å². The van der Waals surface area contributed by atoms with Crippen LogP contribution in [0.2, 0.25) is 0 Å². The number of aldehydes is 1. The molecule has 43 heteroatoms. The van der Waals surface area contributed by atoms with Crippen LogP contribution in [0.5, 0.6) is 23.0 Å². The molecule has 7 amide bonds. The van der Waals surface area contributed by atoms with Crippen molar-refractivity contribution in [1.29, 1.82) is 0 Å². The van der Waals surface area contributed by atoms with Crippen LogP contribution in [-0.2, 0) is 38.4 Å². The number of methoxy groups -OCH3 is 4. The predicted octanol–water partition coefficient (Wildman–Crippen LogP) is 7.52. The number of carbonyl (C=O) groups is 12. The summed E-state index contributed by atoms with van der Waals surface area (Å²) in [6.07, 6.45) is -2.25. The number of aliphatic hydroxyl groups excluding tert-OH is 2. The van der Waals surface area contributed by atoms with Crippen molar-refractivity contribution in [2.75, 3.05) is 55.1 Å². The minimum Gasteiger partial charge on any atom is -0.497 e. The van der Waals surface area contributed by atoms with E-state index in [0.717, 1.165) is 0 Å². The summed E-state index contributed by atoms with van der Waals surface area (Å²) in [4.78, 5) is 189. The van der Waals surface area contributed by atoms with Gasteiger partial charge in [-0.15, -0.1) is 12.8 Å². The van der Waals surface area contributed by atoms with Crippen molar-refractivity contribution in [3.63, 3.8) is 0 Å². The third kappa shape index (κ3) is 35.2. The molecule has 0 aliphatic heterocycles. The fourth-order valence-corrected chi connectivity index (χ4v) is 11.3. The number of amides is 7. The van der Waals surface area contributed by atoms with E-state index < -0.39 is 193 Å². The van der Waals surface area contributed by atoms with Crippen LogP contribution in [0.4, 0.5) is 30.7 Å². The van der Waals surface area contributed by atoms with Crippen molar-refractivity contribution in [3.05, 3.63) is 161 Å². The van der Waals surface area contributed by atoms with Crippen LogP contribution in [-0.4, -0.2) is 213 Å². The number of aromatic carboxylic acids is 1. The van der Waals surface area contributed by atoms with Gasteiger partial charge in [-0.25, -0.2) is 41.5 Å². The molecule has 8 aromatic rings. The van der Waals surface area contributed by atoms with Crippen LogP contribution in [0.25, 0.3) is 43.9 Å². The zero-order chi connectivity index (χ0) is 100. The van der Waals surface area contributed by atoms with Gasteiger partial charge in [0.2, 0.25) is 29.9 Å². The number of hydrogen-bond donors (Lipinski definition) is 12. The number of nitrogens with two attached hydrogens (primary N) is 1. The first-order valence-corrected chi connectivity index (χ1v) is 39.9. The number of benzene rings is 4. The lowest BCUT2D eigenvalue weighted by Crippen LogP contribution is -2.54. The number of Topliss-reactive ketones (excluding diaryl/α,β-unsaturated/α-hetero) is 2. The van der Waals surface area contributed by atoms with E-state index in [1.54, 1.807) is 111 Å². The molecule has 0 saturated heterocycles. The number of fused-ring (bicyclic) bond motifs is 4. The van der Waals surface area contributed by atoms with Crippen LogP contribution in [0.3, 0.4) is 0 Å². The summed E-state index contributed by atoms with van der Waals surface area (Å²) in [6, 6.07) is 16.6. The number of carbonyl (C=O) groups excluding carboxylic acids is 10. The number of carboxylic acids is 2. The fourth-order valence-electron chi connectivity index (χ4n) is 11.3. The zero-order valence-corrected chi connectivity index (χ0v) is 73.9. The highest BCUT2D eigenvalue weighted by Crippen LogP contribution is 2.26. The van der Waals surface area contributed by atoms with Gasteiger partial charge in [0.05, 0.1) is 59.0 Å². The SMILES string of the molecule is CCC(NC(=O)[C@@H](N)C(C)C)C(O)CF.CCC(NC(=O)[C@@H](NC(=O)c1cc2ccc(OC)cc2oc1=O)C(C)C)C(=O)CF.CCC(NC(=O)[C@@H](NC(=O)c1cc2ccc(OC)cc2oc1=O)C(C)C)C(O)CF.COc1ccc2cc(C(=O)N[C@H](C(=O)NC(CC(=O)O)C(=O)CF)C(C)C)c(=O)oc2c1.COc1ccc2cc(C(=O)O)c(=O)oc2c1.O=CC(F)(F)F.[2H]C#C. The van der Waals surface area contributed by atoms with Crippen molar-refractivity contribution in [1.82, 2.24) is 37.2 Å². The quantitative estimate of drug-likeness (QED) is 0.00781. The van der Waals surface area contributed by atoms with Crippen LogP contribution >= 0.6 is 0 Å². The number of rotatable bonds is 36. The molecule has 0 bridgehead atoms. The molecule has 0 spiro atoms. The van der Waals surface area contributed by atoms with E-state index >= 15 is 0 Å². The molecule has 6 unspecified atom stereocenters. The number of alkyl halides is 7. The lowest BCUT2D eigenvalue weighted by Gasteiger charge is -2.26. The van der Waals surface area contributed by atoms with Gasteiger partial charge in [0.25, 0.3) is 17.7 Å². The van der Waals surface area contributed by atoms with E-state index in [9.17, 15) is 113 Å². The first-order valence-electron chi connectivity index (χ1n) is 40.4. The molecule has 4 aromatic heterocycles. The second-order valence-electron chi connectivity index (χ2n) is 29.5. The smallest absolute Gasteiger partial charge is 0.446 e. The normalized spacial score (nSPS) is 13.2. The third-order valence-electron chi connectivity index (χ3n) is 18.8. The molecule has 0 aliphatic carbocycles. The summed E-state index contributed by atoms with van der Waals surface area (Å²) in [5, 5.41) is 55.7. The van der Waals surface area contributed by atoms with Crippen LogP contribution in [0.1, 0.15) is 145 Å². The minimum absolute atomic E-state index is 0.0185. The highest BCUT2D eigenvalue weighted by molar-refractivity contribution is 6.03. The number of aliphatic hydroxyl groups is 2. The zero-order valence-electron chi connectivity index (χ0n) is 74.9. The number of carboxylic acid groups (broad SMARTS) is 2. The van der Waals surface area contributed by atoms with Crippen LogP contribution in [0.15, 0.2) is 134 Å². The Balaban J connectivity index is 0.000000558. The Bertz CT molecular complexity index is 5580. The maximum atomic E-state index is 12.8. The molecule has 0 radical (unpaired) electrons. The maximum absolute atomic E-state index is 12.8. The van der Waals surface area contributed by atoms with Gasteiger partial charge in [0.15, 0.2) is 11.6 Å². The van der Waals surface area contributed by atoms with Gasteiger partial charge in [-0.05, 0) is 116 Å². The minimum atomic E-state index is -4.64. The number of nitrogens with one attached hydrogen (secondary N) is 7. The molecule has 131 heavy (non-hydrogen) atoms. The Labute approximate surface area is 746 Å².